The standard InChI is InChI=1S/C16H20F3N3O2/c17-16(18,19)12-7-5-11(6-8-12)14(23)20-9-10-21-15(24)22-13-3-1-2-4-13/h5-8,13H,1-4,9-10H2,(H,20,23)(H2,21,22,24). The first-order chi connectivity index (χ1) is 11.4. The Morgan fingerprint density at radius 1 is 1.00 bits per heavy atom. The molecular formula is C16H20F3N3O2. The molecule has 2 rings (SSSR count). The maximum atomic E-state index is 12.4. The summed E-state index contributed by atoms with van der Waals surface area (Å²) in [6.07, 6.45) is -0.218. The highest BCUT2D eigenvalue weighted by Gasteiger charge is 2.30. The molecule has 3 N–H and O–H groups in total. The number of carbonyl (C=O) groups is 2. The number of hydrogen-bond acceptors (Lipinski definition) is 2. The molecule has 1 aliphatic carbocycles. The molecule has 0 saturated heterocycles. The van der Waals surface area contributed by atoms with Gasteiger partial charge in [0.05, 0.1) is 5.56 Å². The first kappa shape index (κ1) is 18.1. The van der Waals surface area contributed by atoms with E-state index < -0.39 is 17.6 Å². The van der Waals surface area contributed by atoms with Gasteiger partial charge >= 0.3 is 12.2 Å². The molecule has 0 heterocycles. The summed E-state index contributed by atoms with van der Waals surface area (Å²) in [7, 11) is 0. The molecule has 8 heteroatoms. The van der Waals surface area contributed by atoms with Crippen LogP contribution in [0, 0.1) is 0 Å². The second kappa shape index (κ2) is 8.03. The van der Waals surface area contributed by atoms with Gasteiger partial charge < -0.3 is 16.0 Å². The van der Waals surface area contributed by atoms with Crippen molar-refractivity contribution in [2.45, 2.75) is 37.9 Å². The summed E-state index contributed by atoms with van der Waals surface area (Å²) in [5.41, 5.74) is -0.664. The topological polar surface area (TPSA) is 70.2 Å². The fourth-order valence-electron chi connectivity index (χ4n) is 2.57. The fourth-order valence-corrected chi connectivity index (χ4v) is 2.57. The molecule has 1 aliphatic rings. The van der Waals surface area contributed by atoms with E-state index in [-0.39, 0.29) is 30.7 Å². The van der Waals surface area contributed by atoms with Crippen molar-refractivity contribution < 1.29 is 22.8 Å². The lowest BCUT2D eigenvalue weighted by atomic mass is 10.1. The lowest BCUT2D eigenvalue weighted by molar-refractivity contribution is -0.137. The van der Waals surface area contributed by atoms with Crippen LogP contribution >= 0.6 is 0 Å². The molecule has 0 atom stereocenters. The normalized spacial score (nSPS) is 15.1. The van der Waals surface area contributed by atoms with Gasteiger partial charge in [0.15, 0.2) is 0 Å². The maximum Gasteiger partial charge on any atom is 0.416 e. The zero-order valence-corrected chi connectivity index (χ0v) is 13.1. The zero-order valence-electron chi connectivity index (χ0n) is 13.1. The van der Waals surface area contributed by atoms with Crippen molar-refractivity contribution >= 4 is 11.9 Å². The molecule has 5 nitrogen and oxygen atoms in total. The lowest BCUT2D eigenvalue weighted by Gasteiger charge is -2.13. The zero-order chi connectivity index (χ0) is 17.6. The monoisotopic (exact) mass is 343 g/mol. The summed E-state index contributed by atoms with van der Waals surface area (Å²) in [6, 6.07) is 3.92. The van der Waals surface area contributed by atoms with E-state index >= 15 is 0 Å². The molecular weight excluding hydrogens is 323 g/mol. The summed E-state index contributed by atoms with van der Waals surface area (Å²) in [5.74, 6) is -0.485. The molecule has 0 radical (unpaired) electrons. The number of halogens is 3. The molecule has 0 aliphatic heterocycles. The molecule has 0 spiro atoms. The van der Waals surface area contributed by atoms with Gasteiger partial charge in [-0.05, 0) is 37.1 Å². The molecule has 1 fully saturated rings. The van der Waals surface area contributed by atoms with Crippen LogP contribution in [-0.4, -0.2) is 31.1 Å². The third-order valence-electron chi connectivity index (χ3n) is 3.86. The molecule has 0 aromatic heterocycles. The smallest absolute Gasteiger partial charge is 0.350 e. The number of alkyl halides is 3. The Morgan fingerprint density at radius 3 is 2.17 bits per heavy atom. The Hall–Kier alpha value is -2.25. The molecule has 0 bridgehead atoms. The van der Waals surface area contributed by atoms with Gasteiger partial charge in [0, 0.05) is 24.7 Å². The number of benzene rings is 1. The lowest BCUT2D eigenvalue weighted by Crippen LogP contribution is -2.43. The van der Waals surface area contributed by atoms with E-state index in [9.17, 15) is 22.8 Å². The molecule has 1 saturated carbocycles. The second-order valence-corrected chi connectivity index (χ2v) is 5.71. The minimum absolute atomic E-state index is 0.137. The predicted molar refractivity (Wildman–Crippen MR) is 82.6 cm³/mol. The molecule has 1 aromatic rings. The Morgan fingerprint density at radius 2 is 1.58 bits per heavy atom. The minimum Gasteiger partial charge on any atom is -0.350 e. The summed E-state index contributed by atoms with van der Waals surface area (Å²) in [4.78, 5) is 23.4. The third-order valence-corrected chi connectivity index (χ3v) is 3.86. The van der Waals surface area contributed by atoms with Gasteiger partial charge in [0.1, 0.15) is 0 Å². The minimum atomic E-state index is -4.42. The SMILES string of the molecule is O=C(NCCNC(=O)c1ccc(C(F)(F)F)cc1)NC1CCCC1. The van der Waals surface area contributed by atoms with Gasteiger partial charge in [-0.15, -0.1) is 0 Å². The summed E-state index contributed by atoms with van der Waals surface area (Å²) in [5, 5.41) is 8.03. The van der Waals surface area contributed by atoms with Gasteiger partial charge in [0.25, 0.3) is 5.91 Å². The third kappa shape index (κ3) is 5.43. The average molecular weight is 343 g/mol. The van der Waals surface area contributed by atoms with Crippen LogP contribution in [-0.2, 0) is 6.18 Å². The number of rotatable bonds is 5. The molecule has 1 aromatic carbocycles. The summed E-state index contributed by atoms with van der Waals surface area (Å²) in [6.45, 7) is 0.433. The number of nitrogens with one attached hydrogen (secondary N) is 3. The molecule has 24 heavy (non-hydrogen) atoms. The second-order valence-electron chi connectivity index (χ2n) is 5.71. The van der Waals surface area contributed by atoms with Crippen LogP contribution in [0.4, 0.5) is 18.0 Å². The van der Waals surface area contributed by atoms with Gasteiger partial charge in [-0.3, -0.25) is 4.79 Å². The van der Waals surface area contributed by atoms with E-state index in [0.29, 0.717) is 0 Å². The largest absolute Gasteiger partial charge is 0.416 e. The maximum absolute atomic E-state index is 12.4. The first-order valence-corrected chi connectivity index (χ1v) is 7.86. The van der Waals surface area contributed by atoms with Crippen molar-refractivity contribution in [3.05, 3.63) is 35.4 Å². The number of hydrogen-bond donors (Lipinski definition) is 3. The van der Waals surface area contributed by atoms with Crippen LogP contribution in [0.15, 0.2) is 24.3 Å². The highest BCUT2D eigenvalue weighted by molar-refractivity contribution is 5.94. The molecule has 0 unspecified atom stereocenters. The van der Waals surface area contributed by atoms with Crippen LogP contribution < -0.4 is 16.0 Å². The quantitative estimate of drug-likeness (QED) is 0.720. The van der Waals surface area contributed by atoms with Crippen LogP contribution in [0.1, 0.15) is 41.6 Å². The molecule has 132 valence electrons. The number of amides is 3. The summed E-state index contributed by atoms with van der Waals surface area (Å²) >= 11 is 0. The van der Waals surface area contributed by atoms with Crippen molar-refractivity contribution in [3.63, 3.8) is 0 Å². The summed E-state index contributed by atoms with van der Waals surface area (Å²) < 4.78 is 37.3. The Balaban J connectivity index is 1.68. The first-order valence-electron chi connectivity index (χ1n) is 7.86. The van der Waals surface area contributed by atoms with Gasteiger partial charge in [-0.2, -0.15) is 13.2 Å². The fraction of sp³-hybridized carbons (Fsp3) is 0.500. The van der Waals surface area contributed by atoms with E-state index in [2.05, 4.69) is 16.0 Å². The van der Waals surface area contributed by atoms with Crippen LogP contribution in [0.25, 0.3) is 0 Å². The highest BCUT2D eigenvalue weighted by Crippen LogP contribution is 2.29. The van der Waals surface area contributed by atoms with E-state index in [4.69, 9.17) is 0 Å². The Kier molecular flexibility index (Phi) is 6.05. The predicted octanol–water partition coefficient (Wildman–Crippen LogP) is 2.68. The van der Waals surface area contributed by atoms with Crippen molar-refractivity contribution in [1.82, 2.24) is 16.0 Å². The van der Waals surface area contributed by atoms with Gasteiger partial charge in [0.2, 0.25) is 0 Å². The Labute approximate surface area is 138 Å². The van der Waals surface area contributed by atoms with Crippen molar-refractivity contribution in [3.8, 4) is 0 Å². The van der Waals surface area contributed by atoms with Crippen molar-refractivity contribution in [2.24, 2.45) is 0 Å². The van der Waals surface area contributed by atoms with E-state index in [1.807, 2.05) is 0 Å². The Bertz CT molecular complexity index is 567. The molecule has 3 amide bonds. The van der Waals surface area contributed by atoms with Crippen LogP contribution in [0.2, 0.25) is 0 Å². The number of carbonyl (C=O) groups excluding carboxylic acids is 2. The van der Waals surface area contributed by atoms with Crippen molar-refractivity contribution in [2.75, 3.05) is 13.1 Å². The van der Waals surface area contributed by atoms with Gasteiger partial charge in [-0.1, -0.05) is 12.8 Å². The average Bonchev–Trinajstić information content (AvgIpc) is 3.03. The van der Waals surface area contributed by atoms with Crippen LogP contribution in [0.5, 0.6) is 0 Å². The van der Waals surface area contributed by atoms with E-state index in [0.717, 1.165) is 49.9 Å². The van der Waals surface area contributed by atoms with E-state index in [1.54, 1.807) is 0 Å². The van der Waals surface area contributed by atoms with Crippen molar-refractivity contribution in [1.29, 1.82) is 0 Å². The number of urea groups is 1. The van der Waals surface area contributed by atoms with Gasteiger partial charge in [-0.25, -0.2) is 4.79 Å². The highest BCUT2D eigenvalue weighted by atomic mass is 19.4. The van der Waals surface area contributed by atoms with E-state index in [1.165, 1.54) is 0 Å². The van der Waals surface area contributed by atoms with Crippen LogP contribution in [0.3, 0.4) is 0 Å².